The molecule has 3 aromatic heterocycles. The summed E-state index contributed by atoms with van der Waals surface area (Å²) in [6, 6.07) is 10.7. The van der Waals surface area contributed by atoms with Crippen LogP contribution in [0.3, 0.4) is 0 Å². The van der Waals surface area contributed by atoms with Crippen molar-refractivity contribution in [3.8, 4) is 5.95 Å². The molecule has 1 aromatic carbocycles. The van der Waals surface area contributed by atoms with Gasteiger partial charge in [0.15, 0.2) is 5.69 Å². The summed E-state index contributed by atoms with van der Waals surface area (Å²) in [5, 5.41) is 12.8. The molecule has 0 aliphatic heterocycles. The zero-order chi connectivity index (χ0) is 23.5. The van der Waals surface area contributed by atoms with Gasteiger partial charge in [0, 0.05) is 29.4 Å². The zero-order valence-electron chi connectivity index (χ0n) is 19.3. The van der Waals surface area contributed by atoms with E-state index in [9.17, 15) is 9.59 Å². The maximum atomic E-state index is 13.4. The van der Waals surface area contributed by atoms with E-state index in [2.05, 4.69) is 32.4 Å². The number of hydrogen-bond donors (Lipinski definition) is 1. The molecule has 0 fully saturated rings. The molecular formula is C24H27N7O2. The molecule has 0 saturated carbocycles. The fraction of sp³-hybridized carbons (Fsp3) is 0.333. The van der Waals surface area contributed by atoms with E-state index in [1.807, 2.05) is 26.8 Å². The maximum Gasteiger partial charge on any atom is 0.277 e. The van der Waals surface area contributed by atoms with Crippen molar-refractivity contribution in [3.63, 3.8) is 0 Å². The third-order valence-corrected chi connectivity index (χ3v) is 5.29. The van der Waals surface area contributed by atoms with E-state index in [0.717, 1.165) is 30.7 Å². The molecule has 0 spiro atoms. The highest BCUT2D eigenvalue weighted by atomic mass is 16.2. The maximum absolute atomic E-state index is 13.4. The molecule has 4 aromatic rings. The van der Waals surface area contributed by atoms with E-state index in [0.29, 0.717) is 34.8 Å². The Morgan fingerprint density at radius 2 is 1.64 bits per heavy atom. The van der Waals surface area contributed by atoms with Crippen LogP contribution >= 0.6 is 0 Å². The SMILES string of the molecule is CCCCCn1nc(C(=O)Nc2cc(C)nn2-c2nc(C)cc(C)n2)c2ccccc2c1=O. The van der Waals surface area contributed by atoms with Crippen molar-refractivity contribution < 1.29 is 4.79 Å². The van der Waals surface area contributed by atoms with Gasteiger partial charge in [-0.1, -0.05) is 38.0 Å². The Labute approximate surface area is 191 Å². The summed E-state index contributed by atoms with van der Waals surface area (Å²) < 4.78 is 2.90. The molecule has 0 unspecified atom stereocenters. The fourth-order valence-corrected chi connectivity index (χ4v) is 3.78. The van der Waals surface area contributed by atoms with E-state index >= 15 is 0 Å². The lowest BCUT2D eigenvalue weighted by Gasteiger charge is -2.12. The van der Waals surface area contributed by atoms with Gasteiger partial charge in [-0.05, 0) is 39.3 Å². The normalized spacial score (nSPS) is 11.2. The number of nitrogens with one attached hydrogen (secondary N) is 1. The first-order chi connectivity index (χ1) is 15.9. The smallest absolute Gasteiger partial charge is 0.277 e. The highest BCUT2D eigenvalue weighted by molar-refractivity contribution is 6.10. The number of hydrogen-bond acceptors (Lipinski definition) is 6. The van der Waals surface area contributed by atoms with Crippen LogP contribution < -0.4 is 10.9 Å². The Balaban J connectivity index is 1.75. The average Bonchev–Trinajstić information content (AvgIpc) is 3.14. The highest BCUT2D eigenvalue weighted by Gasteiger charge is 2.20. The van der Waals surface area contributed by atoms with Crippen molar-refractivity contribution in [1.29, 1.82) is 0 Å². The molecule has 1 N–H and O–H groups in total. The number of carbonyl (C=O) groups is 1. The van der Waals surface area contributed by atoms with Gasteiger partial charge in [-0.15, -0.1) is 0 Å². The minimum atomic E-state index is -0.430. The monoisotopic (exact) mass is 445 g/mol. The van der Waals surface area contributed by atoms with Crippen molar-refractivity contribution in [3.05, 3.63) is 69.5 Å². The van der Waals surface area contributed by atoms with Crippen LogP contribution in [0.25, 0.3) is 16.7 Å². The predicted octanol–water partition coefficient (Wildman–Crippen LogP) is 3.74. The molecule has 9 heteroatoms. The van der Waals surface area contributed by atoms with Gasteiger partial charge in [0.05, 0.1) is 11.1 Å². The van der Waals surface area contributed by atoms with Gasteiger partial charge in [-0.3, -0.25) is 9.59 Å². The second-order valence-electron chi connectivity index (χ2n) is 8.12. The number of amides is 1. The number of nitrogens with zero attached hydrogens (tertiary/aromatic N) is 6. The third-order valence-electron chi connectivity index (χ3n) is 5.29. The summed E-state index contributed by atoms with van der Waals surface area (Å²) in [5.41, 5.74) is 2.30. The lowest BCUT2D eigenvalue weighted by Crippen LogP contribution is -2.28. The van der Waals surface area contributed by atoms with Gasteiger partial charge in [-0.2, -0.15) is 14.9 Å². The minimum absolute atomic E-state index is 0.188. The van der Waals surface area contributed by atoms with Crippen LogP contribution in [0, 0.1) is 20.8 Å². The summed E-state index contributed by atoms with van der Waals surface area (Å²) in [5.74, 6) is 0.372. The quantitative estimate of drug-likeness (QED) is 0.434. The van der Waals surface area contributed by atoms with Crippen molar-refractivity contribution in [2.45, 2.75) is 53.5 Å². The summed E-state index contributed by atoms with van der Waals surface area (Å²) in [4.78, 5) is 35.2. The molecule has 0 atom stereocenters. The van der Waals surface area contributed by atoms with Crippen LogP contribution in [-0.2, 0) is 6.54 Å². The van der Waals surface area contributed by atoms with E-state index in [1.54, 1.807) is 30.3 Å². The molecule has 0 radical (unpaired) electrons. The molecular weight excluding hydrogens is 418 g/mol. The molecule has 0 saturated heterocycles. The van der Waals surface area contributed by atoms with Crippen LogP contribution in [0.4, 0.5) is 5.82 Å². The largest absolute Gasteiger partial charge is 0.305 e. The standard InChI is InChI=1S/C24H27N7O2/c1-5-6-9-12-30-23(33)19-11-8-7-10-18(19)21(29-30)22(32)27-20-14-17(4)28-31(20)24-25-15(2)13-16(3)26-24/h7-8,10-11,13-14H,5-6,9,12H2,1-4H3,(H,27,32). The second-order valence-corrected chi connectivity index (χ2v) is 8.12. The lowest BCUT2D eigenvalue weighted by atomic mass is 10.1. The Kier molecular flexibility index (Phi) is 6.30. The molecule has 0 aliphatic carbocycles. The van der Waals surface area contributed by atoms with Gasteiger partial charge >= 0.3 is 0 Å². The number of unbranched alkanes of at least 4 members (excludes halogenated alkanes) is 2. The molecule has 9 nitrogen and oxygen atoms in total. The Morgan fingerprint density at radius 3 is 2.33 bits per heavy atom. The fourth-order valence-electron chi connectivity index (χ4n) is 3.78. The second kappa shape index (κ2) is 9.32. The topological polar surface area (TPSA) is 108 Å². The molecule has 4 rings (SSSR count). The van der Waals surface area contributed by atoms with E-state index in [4.69, 9.17) is 0 Å². The van der Waals surface area contributed by atoms with E-state index in [-0.39, 0.29) is 11.3 Å². The van der Waals surface area contributed by atoms with Gasteiger partial charge < -0.3 is 5.32 Å². The Morgan fingerprint density at radius 1 is 0.939 bits per heavy atom. The van der Waals surface area contributed by atoms with Crippen LogP contribution in [0.15, 0.2) is 41.2 Å². The molecule has 33 heavy (non-hydrogen) atoms. The minimum Gasteiger partial charge on any atom is -0.305 e. The van der Waals surface area contributed by atoms with Gasteiger partial charge in [0.2, 0.25) is 0 Å². The molecule has 1 amide bonds. The highest BCUT2D eigenvalue weighted by Crippen LogP contribution is 2.19. The number of carbonyl (C=O) groups excluding carboxylic acids is 1. The van der Waals surface area contributed by atoms with Crippen LogP contribution in [0.5, 0.6) is 0 Å². The van der Waals surface area contributed by atoms with Crippen molar-refractivity contribution in [2.75, 3.05) is 5.32 Å². The predicted molar refractivity (Wildman–Crippen MR) is 127 cm³/mol. The molecule has 170 valence electrons. The number of benzene rings is 1. The molecule has 0 bridgehead atoms. The number of anilines is 1. The van der Waals surface area contributed by atoms with Crippen LogP contribution in [0.2, 0.25) is 0 Å². The first-order valence-corrected chi connectivity index (χ1v) is 11.1. The zero-order valence-corrected chi connectivity index (χ0v) is 19.3. The van der Waals surface area contributed by atoms with Crippen molar-refractivity contribution in [2.24, 2.45) is 0 Å². The summed E-state index contributed by atoms with van der Waals surface area (Å²) in [6.45, 7) is 8.15. The van der Waals surface area contributed by atoms with Crippen LogP contribution in [-0.4, -0.2) is 35.4 Å². The van der Waals surface area contributed by atoms with E-state index in [1.165, 1.54) is 9.36 Å². The first-order valence-electron chi connectivity index (χ1n) is 11.1. The summed E-state index contributed by atoms with van der Waals surface area (Å²) in [7, 11) is 0. The molecule has 3 heterocycles. The van der Waals surface area contributed by atoms with Gasteiger partial charge in [0.1, 0.15) is 5.82 Å². The lowest BCUT2D eigenvalue weighted by molar-refractivity contribution is 0.102. The van der Waals surface area contributed by atoms with E-state index < -0.39 is 5.91 Å². The Hall–Kier alpha value is -3.88. The number of aromatic nitrogens is 6. The van der Waals surface area contributed by atoms with Crippen molar-refractivity contribution in [1.82, 2.24) is 29.5 Å². The van der Waals surface area contributed by atoms with Gasteiger partial charge in [0.25, 0.3) is 17.4 Å². The number of rotatable bonds is 7. The first kappa shape index (κ1) is 22.3. The summed E-state index contributed by atoms with van der Waals surface area (Å²) in [6.07, 6.45) is 2.83. The summed E-state index contributed by atoms with van der Waals surface area (Å²) >= 11 is 0. The van der Waals surface area contributed by atoms with Crippen molar-refractivity contribution >= 4 is 22.5 Å². The average molecular weight is 446 g/mol. The van der Waals surface area contributed by atoms with Crippen LogP contribution in [0.1, 0.15) is 53.8 Å². The molecule has 0 aliphatic rings. The Bertz CT molecular complexity index is 1370. The number of aryl methyl sites for hydroxylation is 4. The van der Waals surface area contributed by atoms with Gasteiger partial charge in [-0.25, -0.2) is 14.6 Å². The third kappa shape index (κ3) is 4.67. The number of fused-ring (bicyclic) bond motifs is 1.